The van der Waals surface area contributed by atoms with Crippen molar-refractivity contribution < 1.29 is 9.53 Å². The Morgan fingerprint density at radius 2 is 1.88 bits per heavy atom. The zero-order chi connectivity index (χ0) is 18.5. The molecule has 0 aliphatic heterocycles. The second-order valence-electron chi connectivity index (χ2n) is 6.50. The lowest BCUT2D eigenvalue weighted by Gasteiger charge is -2.15. The summed E-state index contributed by atoms with van der Waals surface area (Å²) in [5.74, 6) is 0.651. The molecule has 3 aromatic carbocycles. The molecule has 0 bridgehead atoms. The van der Waals surface area contributed by atoms with E-state index in [9.17, 15) is 4.79 Å². The number of carbonyl (C=O) groups excluding carboxylic acids is 1. The van der Waals surface area contributed by atoms with Crippen molar-refractivity contribution in [3.63, 3.8) is 0 Å². The molecular formula is C22H22ClNO2. The molecular weight excluding hydrogens is 346 g/mol. The monoisotopic (exact) mass is 367 g/mol. The van der Waals surface area contributed by atoms with Crippen LogP contribution in [-0.2, 0) is 6.42 Å². The third-order valence-corrected chi connectivity index (χ3v) is 4.70. The molecule has 0 aliphatic rings. The van der Waals surface area contributed by atoms with Gasteiger partial charge >= 0.3 is 0 Å². The number of ether oxygens (including phenoxy) is 1. The molecule has 1 N–H and O–H groups in total. The van der Waals surface area contributed by atoms with Crippen LogP contribution < -0.4 is 10.1 Å². The summed E-state index contributed by atoms with van der Waals surface area (Å²) in [7, 11) is 1.54. The number of rotatable bonds is 6. The van der Waals surface area contributed by atoms with Crippen molar-refractivity contribution in [3.8, 4) is 5.75 Å². The molecule has 0 aromatic heterocycles. The number of hydrogen-bond donors (Lipinski definition) is 1. The number of halogens is 1. The topological polar surface area (TPSA) is 38.3 Å². The number of amides is 1. The van der Waals surface area contributed by atoms with Crippen molar-refractivity contribution in [1.29, 1.82) is 0 Å². The Kier molecular flexibility index (Phi) is 5.79. The number of hydrogen-bond acceptors (Lipinski definition) is 2. The highest BCUT2D eigenvalue weighted by Crippen LogP contribution is 2.23. The van der Waals surface area contributed by atoms with E-state index in [2.05, 4.69) is 48.6 Å². The van der Waals surface area contributed by atoms with Crippen molar-refractivity contribution in [3.05, 3.63) is 76.8 Å². The van der Waals surface area contributed by atoms with Crippen molar-refractivity contribution in [2.24, 2.45) is 5.92 Å². The first-order chi connectivity index (χ1) is 12.6. The molecule has 0 spiro atoms. The zero-order valence-electron chi connectivity index (χ0n) is 15.0. The van der Waals surface area contributed by atoms with Gasteiger partial charge in [0.15, 0.2) is 0 Å². The fraction of sp³-hybridized carbons (Fsp3) is 0.227. The highest BCUT2D eigenvalue weighted by atomic mass is 35.5. The summed E-state index contributed by atoms with van der Waals surface area (Å²) in [6, 6.07) is 19.8. The van der Waals surface area contributed by atoms with Gasteiger partial charge in [0.05, 0.1) is 12.7 Å². The average molecular weight is 368 g/mol. The third-order valence-electron chi connectivity index (χ3n) is 4.47. The molecule has 134 valence electrons. The van der Waals surface area contributed by atoms with E-state index in [1.807, 2.05) is 6.07 Å². The van der Waals surface area contributed by atoms with E-state index in [0.717, 1.165) is 6.42 Å². The molecule has 1 amide bonds. The summed E-state index contributed by atoms with van der Waals surface area (Å²) in [5.41, 5.74) is 1.75. The Morgan fingerprint density at radius 1 is 1.12 bits per heavy atom. The summed E-state index contributed by atoms with van der Waals surface area (Å²) < 4.78 is 5.25. The predicted molar refractivity (Wildman–Crippen MR) is 107 cm³/mol. The number of nitrogens with one attached hydrogen (secondary N) is 1. The first-order valence-electron chi connectivity index (χ1n) is 8.67. The Morgan fingerprint density at radius 3 is 2.69 bits per heavy atom. The maximum absolute atomic E-state index is 12.5. The van der Waals surface area contributed by atoms with Crippen LogP contribution in [0.2, 0.25) is 5.02 Å². The number of carbonyl (C=O) groups is 1. The molecule has 0 aliphatic carbocycles. The Bertz CT molecular complexity index is 918. The normalized spacial score (nSPS) is 12.0. The van der Waals surface area contributed by atoms with Crippen LogP contribution in [0.1, 0.15) is 22.8 Å². The highest BCUT2D eigenvalue weighted by Gasteiger charge is 2.14. The van der Waals surface area contributed by atoms with Crippen LogP contribution in [0.4, 0.5) is 0 Å². The summed E-state index contributed by atoms with van der Waals surface area (Å²) in [6.07, 6.45) is 0.897. The molecule has 3 aromatic rings. The second-order valence-corrected chi connectivity index (χ2v) is 6.94. The number of methoxy groups -OCH3 is 1. The smallest absolute Gasteiger partial charge is 0.255 e. The van der Waals surface area contributed by atoms with Gasteiger partial charge in [-0.2, -0.15) is 0 Å². The largest absolute Gasteiger partial charge is 0.496 e. The molecule has 0 unspecified atom stereocenters. The van der Waals surface area contributed by atoms with E-state index in [1.165, 1.54) is 16.3 Å². The SMILES string of the molecule is COc1ccc(Cl)cc1C(=O)NC[C@H](C)Cc1cccc2ccccc12. The maximum Gasteiger partial charge on any atom is 0.255 e. The highest BCUT2D eigenvalue weighted by molar-refractivity contribution is 6.31. The van der Waals surface area contributed by atoms with Gasteiger partial charge < -0.3 is 10.1 Å². The molecule has 3 rings (SSSR count). The van der Waals surface area contributed by atoms with Gasteiger partial charge in [0.2, 0.25) is 0 Å². The first kappa shape index (κ1) is 18.3. The van der Waals surface area contributed by atoms with Gasteiger partial charge in [-0.05, 0) is 46.9 Å². The standard InChI is InChI=1S/C22H22ClNO2/c1-15(12-17-8-5-7-16-6-3-4-9-19(16)17)14-24-22(25)20-13-18(23)10-11-21(20)26-2/h3-11,13,15H,12,14H2,1-2H3,(H,24,25)/t15-/m1/s1. The summed E-state index contributed by atoms with van der Waals surface area (Å²) in [5, 5.41) is 6.01. The van der Waals surface area contributed by atoms with E-state index < -0.39 is 0 Å². The lowest BCUT2D eigenvalue weighted by Crippen LogP contribution is -2.29. The molecule has 0 radical (unpaired) electrons. The molecule has 0 saturated heterocycles. The molecule has 0 heterocycles. The van der Waals surface area contributed by atoms with E-state index in [0.29, 0.717) is 28.8 Å². The molecule has 26 heavy (non-hydrogen) atoms. The van der Waals surface area contributed by atoms with Crippen LogP contribution in [0.3, 0.4) is 0 Å². The minimum Gasteiger partial charge on any atom is -0.496 e. The van der Waals surface area contributed by atoms with E-state index in [1.54, 1.807) is 25.3 Å². The molecule has 1 atom stereocenters. The van der Waals surface area contributed by atoms with Gasteiger partial charge in [-0.15, -0.1) is 0 Å². The Labute approximate surface area is 158 Å². The summed E-state index contributed by atoms with van der Waals surface area (Å²) in [4.78, 5) is 12.5. The van der Waals surface area contributed by atoms with Crippen molar-refractivity contribution >= 4 is 28.3 Å². The molecule has 0 saturated carbocycles. The Balaban J connectivity index is 1.66. The number of fused-ring (bicyclic) bond motifs is 1. The second kappa shape index (κ2) is 8.24. The maximum atomic E-state index is 12.5. The zero-order valence-corrected chi connectivity index (χ0v) is 15.7. The molecule has 0 fully saturated rings. The van der Waals surface area contributed by atoms with Gasteiger partial charge in [-0.3, -0.25) is 4.79 Å². The average Bonchev–Trinajstić information content (AvgIpc) is 2.66. The lowest BCUT2D eigenvalue weighted by atomic mass is 9.96. The van der Waals surface area contributed by atoms with Gasteiger partial charge in [-0.25, -0.2) is 0 Å². The summed E-state index contributed by atoms with van der Waals surface area (Å²) >= 11 is 6.01. The number of benzene rings is 3. The lowest BCUT2D eigenvalue weighted by molar-refractivity contribution is 0.0945. The van der Waals surface area contributed by atoms with Crippen LogP contribution in [0, 0.1) is 5.92 Å². The van der Waals surface area contributed by atoms with Crippen LogP contribution >= 0.6 is 11.6 Å². The summed E-state index contributed by atoms with van der Waals surface area (Å²) in [6.45, 7) is 2.72. The van der Waals surface area contributed by atoms with E-state index >= 15 is 0 Å². The Hall–Kier alpha value is -2.52. The van der Waals surface area contributed by atoms with Gasteiger partial charge in [0.25, 0.3) is 5.91 Å². The van der Waals surface area contributed by atoms with Crippen molar-refractivity contribution in [2.75, 3.05) is 13.7 Å². The van der Waals surface area contributed by atoms with Gasteiger partial charge in [0.1, 0.15) is 5.75 Å². The minimum atomic E-state index is -0.172. The van der Waals surface area contributed by atoms with Crippen LogP contribution in [-0.4, -0.2) is 19.6 Å². The van der Waals surface area contributed by atoms with Crippen LogP contribution in [0.25, 0.3) is 10.8 Å². The van der Waals surface area contributed by atoms with Gasteiger partial charge in [0, 0.05) is 11.6 Å². The predicted octanol–water partition coefficient (Wildman–Crippen LogP) is 5.11. The fourth-order valence-electron chi connectivity index (χ4n) is 3.14. The molecule has 3 nitrogen and oxygen atoms in total. The fourth-order valence-corrected chi connectivity index (χ4v) is 3.31. The van der Waals surface area contributed by atoms with Crippen LogP contribution in [0.15, 0.2) is 60.7 Å². The third kappa shape index (κ3) is 4.17. The van der Waals surface area contributed by atoms with Crippen molar-refractivity contribution in [2.45, 2.75) is 13.3 Å². The van der Waals surface area contributed by atoms with E-state index in [4.69, 9.17) is 16.3 Å². The van der Waals surface area contributed by atoms with Crippen LogP contribution in [0.5, 0.6) is 5.75 Å². The van der Waals surface area contributed by atoms with Gasteiger partial charge in [-0.1, -0.05) is 61.0 Å². The minimum absolute atomic E-state index is 0.172. The van der Waals surface area contributed by atoms with Crippen molar-refractivity contribution in [1.82, 2.24) is 5.32 Å². The quantitative estimate of drug-likeness (QED) is 0.657. The van der Waals surface area contributed by atoms with E-state index in [-0.39, 0.29) is 5.91 Å². The first-order valence-corrected chi connectivity index (χ1v) is 9.04. The molecule has 4 heteroatoms.